The summed E-state index contributed by atoms with van der Waals surface area (Å²) in [5.41, 5.74) is 1.25. The summed E-state index contributed by atoms with van der Waals surface area (Å²) in [4.78, 5) is 10.7. The predicted molar refractivity (Wildman–Crippen MR) is 43.1 cm³/mol. The van der Waals surface area contributed by atoms with Gasteiger partial charge in [0.2, 0.25) is 0 Å². The van der Waals surface area contributed by atoms with E-state index in [2.05, 4.69) is 16.9 Å². The highest BCUT2D eigenvalue weighted by atomic mass is 16.5. The van der Waals surface area contributed by atoms with Crippen LogP contribution in [0.2, 0.25) is 0 Å². The lowest BCUT2D eigenvalue weighted by molar-refractivity contribution is -0.139. The van der Waals surface area contributed by atoms with Gasteiger partial charge in [-0.25, -0.2) is 0 Å². The lowest BCUT2D eigenvalue weighted by Gasteiger charge is -1.94. The summed E-state index contributed by atoms with van der Waals surface area (Å²) >= 11 is 0. The van der Waals surface area contributed by atoms with Gasteiger partial charge < -0.3 is 4.74 Å². The first kappa shape index (κ1) is 8.05. The van der Waals surface area contributed by atoms with Crippen molar-refractivity contribution in [3.05, 3.63) is 23.8 Å². The van der Waals surface area contributed by atoms with E-state index in [1.54, 1.807) is 0 Å². The maximum atomic E-state index is 10.7. The highest BCUT2D eigenvalue weighted by Crippen LogP contribution is 2.15. The molecule has 0 atom stereocenters. The van der Waals surface area contributed by atoms with Crippen LogP contribution < -0.4 is 0 Å². The van der Waals surface area contributed by atoms with Crippen LogP contribution in [0, 0.1) is 0 Å². The SMILES string of the molecule is COC(=O)C/C=C1/C=CCC1. The summed E-state index contributed by atoms with van der Waals surface area (Å²) in [5.74, 6) is -0.169. The van der Waals surface area contributed by atoms with Gasteiger partial charge >= 0.3 is 5.97 Å². The zero-order valence-electron chi connectivity index (χ0n) is 6.67. The molecule has 2 heteroatoms. The lowest BCUT2D eigenvalue weighted by atomic mass is 10.2. The lowest BCUT2D eigenvalue weighted by Crippen LogP contribution is -1.97. The smallest absolute Gasteiger partial charge is 0.309 e. The van der Waals surface area contributed by atoms with Gasteiger partial charge in [-0.15, -0.1) is 0 Å². The minimum Gasteiger partial charge on any atom is -0.469 e. The van der Waals surface area contributed by atoms with Gasteiger partial charge in [0.15, 0.2) is 0 Å². The van der Waals surface area contributed by atoms with E-state index in [4.69, 9.17) is 0 Å². The van der Waals surface area contributed by atoms with Crippen molar-refractivity contribution in [2.45, 2.75) is 19.3 Å². The monoisotopic (exact) mass is 152 g/mol. The molecule has 0 aromatic rings. The molecule has 0 radical (unpaired) electrons. The predicted octanol–water partition coefficient (Wildman–Crippen LogP) is 1.83. The summed E-state index contributed by atoms with van der Waals surface area (Å²) in [5, 5.41) is 0. The standard InChI is InChI=1S/C9H12O2/c1-11-9(10)7-6-8-4-2-3-5-8/h2,4,6H,3,5,7H2,1H3/b8-6-. The molecular formula is C9H12O2. The number of esters is 1. The minimum atomic E-state index is -0.169. The minimum absolute atomic E-state index is 0.169. The molecule has 2 nitrogen and oxygen atoms in total. The highest BCUT2D eigenvalue weighted by molar-refractivity contribution is 5.71. The first-order valence-corrected chi connectivity index (χ1v) is 3.75. The zero-order chi connectivity index (χ0) is 8.10. The summed E-state index contributed by atoms with van der Waals surface area (Å²) in [7, 11) is 1.41. The number of ether oxygens (including phenoxy) is 1. The van der Waals surface area contributed by atoms with Gasteiger partial charge in [-0.2, -0.15) is 0 Å². The molecule has 0 N–H and O–H groups in total. The van der Waals surface area contributed by atoms with Crippen LogP contribution in [0.3, 0.4) is 0 Å². The van der Waals surface area contributed by atoms with Crippen LogP contribution >= 0.6 is 0 Å². The molecule has 0 heterocycles. The van der Waals surface area contributed by atoms with Crippen molar-refractivity contribution >= 4 is 5.97 Å². The van der Waals surface area contributed by atoms with Crippen molar-refractivity contribution in [1.29, 1.82) is 0 Å². The van der Waals surface area contributed by atoms with Crippen molar-refractivity contribution in [2.75, 3.05) is 7.11 Å². The molecule has 0 aromatic heterocycles. The second kappa shape index (κ2) is 3.96. The van der Waals surface area contributed by atoms with Crippen LogP contribution in [-0.4, -0.2) is 13.1 Å². The Balaban J connectivity index is 2.34. The van der Waals surface area contributed by atoms with Gasteiger partial charge in [-0.05, 0) is 12.8 Å². The Morgan fingerprint density at radius 3 is 3.18 bits per heavy atom. The molecule has 60 valence electrons. The number of hydrogen-bond acceptors (Lipinski definition) is 2. The van der Waals surface area contributed by atoms with E-state index in [0.29, 0.717) is 6.42 Å². The number of carbonyl (C=O) groups is 1. The number of allylic oxidation sites excluding steroid dienone is 3. The molecular weight excluding hydrogens is 140 g/mol. The Hall–Kier alpha value is -1.05. The Bertz CT molecular complexity index is 202. The van der Waals surface area contributed by atoms with E-state index < -0.39 is 0 Å². The zero-order valence-corrected chi connectivity index (χ0v) is 6.67. The van der Waals surface area contributed by atoms with Gasteiger partial charge in [0.1, 0.15) is 0 Å². The first-order valence-electron chi connectivity index (χ1n) is 3.75. The normalized spacial score (nSPS) is 19.2. The molecule has 0 fully saturated rings. The fourth-order valence-corrected chi connectivity index (χ4v) is 1.04. The van der Waals surface area contributed by atoms with Gasteiger partial charge in [0.25, 0.3) is 0 Å². The second-order valence-electron chi connectivity index (χ2n) is 2.50. The Kier molecular flexibility index (Phi) is 2.90. The molecule has 0 saturated carbocycles. The Morgan fingerprint density at radius 1 is 1.82 bits per heavy atom. The van der Waals surface area contributed by atoms with Crippen molar-refractivity contribution in [1.82, 2.24) is 0 Å². The molecule has 1 aliphatic carbocycles. The average molecular weight is 152 g/mol. The van der Waals surface area contributed by atoms with Gasteiger partial charge in [0, 0.05) is 0 Å². The number of hydrogen-bond donors (Lipinski definition) is 0. The third kappa shape index (κ3) is 2.58. The molecule has 0 unspecified atom stereocenters. The molecule has 11 heavy (non-hydrogen) atoms. The molecule has 0 aliphatic heterocycles. The molecule has 0 spiro atoms. The van der Waals surface area contributed by atoms with E-state index in [0.717, 1.165) is 12.8 Å². The van der Waals surface area contributed by atoms with Gasteiger partial charge in [0.05, 0.1) is 13.5 Å². The number of carbonyl (C=O) groups excluding carboxylic acids is 1. The fourth-order valence-electron chi connectivity index (χ4n) is 1.04. The maximum Gasteiger partial charge on any atom is 0.309 e. The average Bonchev–Trinajstić information content (AvgIpc) is 2.52. The molecule has 1 aliphatic rings. The molecule has 0 saturated heterocycles. The van der Waals surface area contributed by atoms with Crippen molar-refractivity contribution in [3.8, 4) is 0 Å². The molecule has 0 aromatic carbocycles. The van der Waals surface area contributed by atoms with Crippen LogP contribution in [-0.2, 0) is 9.53 Å². The summed E-state index contributed by atoms with van der Waals surface area (Å²) in [6.07, 6.45) is 8.67. The molecule has 0 amide bonds. The maximum absolute atomic E-state index is 10.7. The molecule has 0 bridgehead atoms. The van der Waals surface area contributed by atoms with Crippen molar-refractivity contribution in [3.63, 3.8) is 0 Å². The van der Waals surface area contributed by atoms with E-state index in [-0.39, 0.29) is 5.97 Å². The highest BCUT2D eigenvalue weighted by Gasteiger charge is 2.00. The Morgan fingerprint density at radius 2 is 2.64 bits per heavy atom. The van der Waals surface area contributed by atoms with Crippen LogP contribution in [0.5, 0.6) is 0 Å². The topological polar surface area (TPSA) is 26.3 Å². The van der Waals surface area contributed by atoms with Crippen LogP contribution in [0.4, 0.5) is 0 Å². The summed E-state index contributed by atoms with van der Waals surface area (Å²) in [6.45, 7) is 0. The third-order valence-electron chi connectivity index (χ3n) is 1.69. The number of methoxy groups -OCH3 is 1. The summed E-state index contributed by atoms with van der Waals surface area (Å²) in [6, 6.07) is 0. The van der Waals surface area contributed by atoms with Crippen LogP contribution in [0.25, 0.3) is 0 Å². The van der Waals surface area contributed by atoms with Crippen molar-refractivity contribution < 1.29 is 9.53 Å². The third-order valence-corrected chi connectivity index (χ3v) is 1.69. The fraction of sp³-hybridized carbons (Fsp3) is 0.444. The van der Waals surface area contributed by atoms with Gasteiger partial charge in [-0.1, -0.05) is 23.8 Å². The molecule has 1 rings (SSSR count). The van der Waals surface area contributed by atoms with Crippen LogP contribution in [0.15, 0.2) is 23.8 Å². The van der Waals surface area contributed by atoms with E-state index >= 15 is 0 Å². The number of rotatable bonds is 2. The second-order valence-corrected chi connectivity index (χ2v) is 2.50. The Labute approximate surface area is 66.5 Å². The first-order chi connectivity index (χ1) is 5.33. The van der Waals surface area contributed by atoms with Gasteiger partial charge in [-0.3, -0.25) is 4.79 Å². The summed E-state index contributed by atoms with van der Waals surface area (Å²) < 4.78 is 4.50. The van der Waals surface area contributed by atoms with E-state index in [9.17, 15) is 4.79 Å². The van der Waals surface area contributed by atoms with Crippen molar-refractivity contribution in [2.24, 2.45) is 0 Å². The van der Waals surface area contributed by atoms with E-state index in [1.807, 2.05) is 6.08 Å². The quantitative estimate of drug-likeness (QED) is 0.564. The van der Waals surface area contributed by atoms with Crippen LogP contribution in [0.1, 0.15) is 19.3 Å². The largest absolute Gasteiger partial charge is 0.469 e. The van der Waals surface area contributed by atoms with E-state index in [1.165, 1.54) is 12.7 Å².